The highest BCUT2D eigenvalue weighted by Gasteiger charge is 2.47. The summed E-state index contributed by atoms with van der Waals surface area (Å²) in [5, 5.41) is 21.8. The summed E-state index contributed by atoms with van der Waals surface area (Å²) >= 11 is 5.67. The van der Waals surface area contributed by atoms with E-state index in [4.69, 9.17) is 0 Å². The van der Waals surface area contributed by atoms with Crippen molar-refractivity contribution in [3.8, 4) is 0 Å². The number of carbonyl (C=O) groups is 2. The van der Waals surface area contributed by atoms with Crippen LogP contribution in [0.2, 0.25) is 0 Å². The molecule has 1 aromatic rings. The molecular weight excluding hydrogens is 336 g/mol. The molecule has 0 fully saturated rings. The zero-order valence-corrected chi connectivity index (χ0v) is 14.7. The molecule has 3 atom stereocenters. The molecule has 0 saturated carbocycles. The van der Waals surface area contributed by atoms with Crippen molar-refractivity contribution < 1.29 is 19.8 Å². The minimum atomic E-state index is -1.07. The first-order valence-corrected chi connectivity index (χ1v) is 8.85. The summed E-state index contributed by atoms with van der Waals surface area (Å²) in [6, 6.07) is -1.67. The van der Waals surface area contributed by atoms with E-state index in [9.17, 15) is 19.8 Å². The summed E-state index contributed by atoms with van der Waals surface area (Å²) < 4.78 is 0. The molecule has 0 aromatic carbocycles. The van der Waals surface area contributed by atoms with Crippen molar-refractivity contribution >= 4 is 35.8 Å². The van der Waals surface area contributed by atoms with Crippen LogP contribution in [0.25, 0.3) is 0 Å². The molecule has 23 heavy (non-hydrogen) atoms. The Hall–Kier alpha value is -1.54. The molecule has 126 valence electrons. The fraction of sp³-hybridized carbons (Fsp3) is 0.533. The number of aromatic nitrogens is 1. The third-order valence-electron chi connectivity index (χ3n) is 3.87. The topological polar surface area (TPSA) is 90.7 Å². The van der Waals surface area contributed by atoms with Crippen LogP contribution in [-0.2, 0) is 9.59 Å². The zero-order chi connectivity index (χ0) is 17.1. The fourth-order valence-corrected chi connectivity index (χ4v) is 3.81. The van der Waals surface area contributed by atoms with E-state index in [1.54, 1.807) is 18.5 Å². The van der Waals surface area contributed by atoms with Crippen LogP contribution >= 0.6 is 24.0 Å². The summed E-state index contributed by atoms with van der Waals surface area (Å²) in [6.45, 7) is 3.70. The van der Waals surface area contributed by atoms with E-state index in [0.717, 1.165) is 6.42 Å². The number of carboxylic acid groups (broad SMARTS) is 1. The number of unbranched alkanes of at least 4 members (excludes halogenated alkanes) is 1. The summed E-state index contributed by atoms with van der Waals surface area (Å²) in [7, 11) is 0. The van der Waals surface area contributed by atoms with Crippen LogP contribution in [0.1, 0.15) is 44.2 Å². The van der Waals surface area contributed by atoms with Gasteiger partial charge in [0.2, 0.25) is 0 Å². The molecular formula is C15H20N2O4S2. The van der Waals surface area contributed by atoms with Crippen LogP contribution in [0.5, 0.6) is 0 Å². The smallest absolute Gasteiger partial charge is 0.326 e. The van der Waals surface area contributed by atoms with Crippen LogP contribution in [0, 0.1) is 0 Å². The highest BCUT2D eigenvalue weighted by Crippen LogP contribution is 2.42. The molecule has 1 aromatic heterocycles. The van der Waals surface area contributed by atoms with Gasteiger partial charge in [-0.2, -0.15) is 12.6 Å². The van der Waals surface area contributed by atoms with Crippen molar-refractivity contribution in [1.29, 1.82) is 0 Å². The number of carboxylic acids is 1. The maximum atomic E-state index is 12.5. The summed E-state index contributed by atoms with van der Waals surface area (Å²) in [5.74, 6) is -2.14. The Morgan fingerprint density at radius 2 is 2.26 bits per heavy atom. The number of nitrogens with zero attached hydrogens (tertiary/aromatic N) is 2. The van der Waals surface area contributed by atoms with E-state index in [2.05, 4.69) is 17.6 Å². The van der Waals surface area contributed by atoms with Gasteiger partial charge in [-0.3, -0.25) is 4.79 Å². The van der Waals surface area contributed by atoms with Crippen LogP contribution in [0.4, 0.5) is 0 Å². The normalized spacial score (nSPS) is 20.9. The van der Waals surface area contributed by atoms with Gasteiger partial charge < -0.3 is 15.1 Å². The molecule has 0 saturated heterocycles. The number of thiol groups is 1. The molecule has 6 nitrogen and oxygen atoms in total. The molecule has 0 aliphatic carbocycles. The monoisotopic (exact) mass is 356 g/mol. The lowest BCUT2D eigenvalue weighted by atomic mass is 10.0. The SMILES string of the molecule is CCCCC(C(=O)O)N1C(=O)C(O)=C(C(C)S)C1c1nccs1. The van der Waals surface area contributed by atoms with Crippen LogP contribution in [-0.4, -0.2) is 43.3 Å². The van der Waals surface area contributed by atoms with Gasteiger partial charge in [-0.05, 0) is 13.3 Å². The number of aliphatic carboxylic acids is 1. The zero-order valence-electron chi connectivity index (χ0n) is 13.0. The number of aliphatic hydroxyl groups excluding tert-OH is 1. The molecule has 8 heteroatoms. The van der Waals surface area contributed by atoms with Crippen LogP contribution < -0.4 is 0 Å². The first-order valence-electron chi connectivity index (χ1n) is 7.46. The van der Waals surface area contributed by atoms with Gasteiger partial charge in [0, 0.05) is 22.4 Å². The van der Waals surface area contributed by atoms with Crippen molar-refractivity contribution in [1.82, 2.24) is 9.88 Å². The largest absolute Gasteiger partial charge is 0.503 e. The second-order valence-corrected chi connectivity index (χ2v) is 7.16. The van der Waals surface area contributed by atoms with Gasteiger partial charge in [-0.1, -0.05) is 19.8 Å². The first kappa shape index (κ1) is 17.8. The molecule has 0 spiro atoms. The lowest BCUT2D eigenvalue weighted by Crippen LogP contribution is -2.45. The number of carbonyl (C=O) groups excluding carboxylic acids is 1. The lowest BCUT2D eigenvalue weighted by Gasteiger charge is -2.31. The minimum Gasteiger partial charge on any atom is -0.503 e. The van der Waals surface area contributed by atoms with E-state index < -0.39 is 35.0 Å². The highest BCUT2D eigenvalue weighted by atomic mass is 32.1. The van der Waals surface area contributed by atoms with Crippen LogP contribution in [0.15, 0.2) is 22.9 Å². The third kappa shape index (κ3) is 3.37. The van der Waals surface area contributed by atoms with Gasteiger partial charge in [-0.15, -0.1) is 11.3 Å². The summed E-state index contributed by atoms with van der Waals surface area (Å²) in [6.07, 6.45) is 3.43. The third-order valence-corrected chi connectivity index (χ3v) is 4.98. The van der Waals surface area contributed by atoms with Gasteiger partial charge in [0.1, 0.15) is 17.1 Å². The van der Waals surface area contributed by atoms with Gasteiger partial charge in [0.15, 0.2) is 5.76 Å². The van der Waals surface area contributed by atoms with Gasteiger partial charge >= 0.3 is 5.97 Å². The van der Waals surface area contributed by atoms with Gasteiger partial charge in [-0.25, -0.2) is 9.78 Å². The van der Waals surface area contributed by atoms with E-state index in [1.165, 1.54) is 16.2 Å². The Balaban J connectivity index is 2.48. The number of hydrogen-bond acceptors (Lipinski definition) is 6. The molecule has 2 N–H and O–H groups in total. The summed E-state index contributed by atoms with van der Waals surface area (Å²) in [4.78, 5) is 29.7. The number of thiazole rings is 1. The molecule has 1 aliphatic heterocycles. The molecule has 1 amide bonds. The van der Waals surface area contributed by atoms with E-state index in [0.29, 0.717) is 23.4 Å². The Bertz CT molecular complexity index is 613. The molecule has 1 aliphatic rings. The van der Waals surface area contributed by atoms with E-state index in [-0.39, 0.29) is 0 Å². The predicted molar refractivity (Wildman–Crippen MR) is 90.8 cm³/mol. The Labute approximate surface area is 144 Å². The quantitative estimate of drug-likeness (QED) is 0.654. The van der Waals surface area contributed by atoms with Crippen molar-refractivity contribution in [2.45, 2.75) is 50.4 Å². The molecule has 0 bridgehead atoms. The van der Waals surface area contributed by atoms with Crippen molar-refractivity contribution in [3.63, 3.8) is 0 Å². The van der Waals surface area contributed by atoms with Crippen molar-refractivity contribution in [2.24, 2.45) is 0 Å². The van der Waals surface area contributed by atoms with Gasteiger partial charge in [0.25, 0.3) is 5.91 Å². The fourth-order valence-electron chi connectivity index (χ4n) is 2.79. The Morgan fingerprint density at radius 1 is 1.57 bits per heavy atom. The molecule has 0 radical (unpaired) electrons. The molecule has 2 heterocycles. The number of rotatable bonds is 7. The van der Waals surface area contributed by atoms with Crippen LogP contribution in [0.3, 0.4) is 0 Å². The van der Waals surface area contributed by atoms with Gasteiger partial charge in [0.05, 0.1) is 0 Å². The second-order valence-electron chi connectivity index (χ2n) is 5.46. The maximum Gasteiger partial charge on any atom is 0.326 e. The number of hydrogen-bond donors (Lipinski definition) is 3. The Kier molecular flexibility index (Phi) is 5.69. The standard InChI is InChI=1S/C15H20N2O4S2/c1-3-4-5-9(15(20)21)17-11(13-16-6-7-23-13)10(8(2)22)12(18)14(17)19/h6-9,11,18,22H,3-5H2,1-2H3,(H,20,21). The summed E-state index contributed by atoms with van der Waals surface area (Å²) in [5.41, 5.74) is 0.413. The number of amides is 1. The average molecular weight is 356 g/mol. The van der Waals surface area contributed by atoms with E-state index in [1.807, 2.05) is 6.92 Å². The molecule has 3 unspecified atom stereocenters. The molecule has 2 rings (SSSR count). The van der Waals surface area contributed by atoms with Crippen molar-refractivity contribution in [2.75, 3.05) is 0 Å². The minimum absolute atomic E-state index is 0.334. The number of aliphatic hydroxyl groups is 1. The maximum absolute atomic E-state index is 12.5. The Morgan fingerprint density at radius 3 is 2.74 bits per heavy atom. The lowest BCUT2D eigenvalue weighted by molar-refractivity contribution is -0.150. The highest BCUT2D eigenvalue weighted by molar-refractivity contribution is 7.81. The average Bonchev–Trinajstić information content (AvgIpc) is 3.08. The second kappa shape index (κ2) is 7.35. The van der Waals surface area contributed by atoms with E-state index >= 15 is 0 Å². The van der Waals surface area contributed by atoms with Crippen molar-refractivity contribution in [3.05, 3.63) is 27.9 Å². The predicted octanol–water partition coefficient (Wildman–Crippen LogP) is 2.80. The first-order chi connectivity index (χ1) is 10.9.